The molecule has 0 radical (unpaired) electrons. The van der Waals surface area contributed by atoms with Gasteiger partial charge in [0.05, 0.1) is 8.55 Å². The molecule has 1 heterocycles. The van der Waals surface area contributed by atoms with Crippen LogP contribution in [0.3, 0.4) is 0 Å². The van der Waals surface area contributed by atoms with Crippen LogP contribution < -0.4 is 0 Å². The second kappa shape index (κ2) is 13.4. The van der Waals surface area contributed by atoms with Crippen molar-refractivity contribution in [3.63, 3.8) is 0 Å². The monoisotopic (exact) mass is 382 g/mol. The summed E-state index contributed by atoms with van der Waals surface area (Å²) in [6, 6.07) is 0. The van der Waals surface area contributed by atoms with Gasteiger partial charge < -0.3 is 17.4 Å². The van der Waals surface area contributed by atoms with Crippen LogP contribution in [0.15, 0.2) is 0 Å². The average molecular weight is 383 g/mol. The lowest BCUT2D eigenvalue weighted by Crippen LogP contribution is -2.61. The second-order valence-corrected chi connectivity index (χ2v) is 36.6. The standard InChI is InChI=1S/C12H34O4Si5/c1-4-7-10-13-19-16-20(14-11-8-5-2)21(18-17-19)15-12-9-6-3/h19-21H,4-12,17-18H2,1-3H3. The first-order valence-electron chi connectivity index (χ1n) is 8.82. The molecular formula is C12H34O4Si5. The van der Waals surface area contributed by atoms with Gasteiger partial charge in [0.15, 0.2) is 0 Å². The predicted molar refractivity (Wildman–Crippen MR) is 102 cm³/mol. The molecule has 0 aromatic heterocycles. The lowest BCUT2D eigenvalue weighted by Gasteiger charge is -2.32. The molecule has 1 aliphatic heterocycles. The number of rotatable bonds is 12. The highest BCUT2D eigenvalue weighted by atomic mass is 29.9. The molecule has 0 aliphatic carbocycles. The number of hydrogen-bond acceptors (Lipinski definition) is 4. The summed E-state index contributed by atoms with van der Waals surface area (Å²) in [6.07, 6.45) is 7.17. The van der Waals surface area contributed by atoms with Crippen LogP contribution in [0.5, 0.6) is 0 Å². The highest BCUT2D eigenvalue weighted by Gasteiger charge is 2.38. The molecule has 0 saturated carbocycles. The molecule has 1 fully saturated rings. The van der Waals surface area contributed by atoms with Crippen molar-refractivity contribution in [2.75, 3.05) is 19.8 Å². The number of hydrogen-bond donors (Lipinski definition) is 0. The Bertz CT molecular complexity index is 250. The zero-order valence-corrected chi connectivity index (χ0v) is 20.4. The fraction of sp³-hybridized carbons (Fsp3) is 1.00. The molecule has 0 amide bonds. The maximum Gasteiger partial charge on any atom is 0.316 e. The molecular weight excluding hydrogens is 349 g/mol. The highest BCUT2D eigenvalue weighted by molar-refractivity contribution is 7.63. The van der Waals surface area contributed by atoms with E-state index < -0.39 is 25.7 Å². The second-order valence-electron chi connectivity index (χ2n) is 5.72. The molecule has 4 nitrogen and oxygen atoms in total. The van der Waals surface area contributed by atoms with Crippen LogP contribution in [0.4, 0.5) is 0 Å². The minimum absolute atomic E-state index is 0.0227. The molecule has 0 N–H and O–H groups in total. The average Bonchev–Trinajstić information content (AvgIpc) is 2.50. The van der Waals surface area contributed by atoms with E-state index in [0.29, 0.717) is 0 Å². The largest absolute Gasteiger partial charge is 0.423 e. The minimum Gasteiger partial charge on any atom is -0.423 e. The normalized spacial score (nSPS) is 28.4. The van der Waals surface area contributed by atoms with Crippen LogP contribution in [-0.2, 0) is 17.4 Å². The Morgan fingerprint density at radius 1 is 0.762 bits per heavy atom. The Balaban J connectivity index is 2.36. The molecule has 3 atom stereocenters. The SMILES string of the molecule is CCCCO[SiH]1O[SiH](OCCCC)[SiH](OCCCC)[SiH2][SiH2]1. The van der Waals surface area contributed by atoms with E-state index >= 15 is 0 Å². The van der Waals surface area contributed by atoms with Crippen molar-refractivity contribution in [2.24, 2.45) is 0 Å². The van der Waals surface area contributed by atoms with Crippen LogP contribution in [-0.4, -0.2) is 62.6 Å². The Morgan fingerprint density at radius 3 is 1.95 bits per heavy atom. The van der Waals surface area contributed by atoms with Crippen molar-refractivity contribution < 1.29 is 17.4 Å². The minimum atomic E-state index is -1.47. The Hall–Kier alpha value is 0.924. The molecule has 0 aromatic carbocycles. The van der Waals surface area contributed by atoms with Gasteiger partial charge in [-0.2, -0.15) is 0 Å². The quantitative estimate of drug-likeness (QED) is 0.350. The van der Waals surface area contributed by atoms with Gasteiger partial charge in [-0.3, -0.25) is 0 Å². The molecule has 1 rings (SSSR count). The van der Waals surface area contributed by atoms with E-state index in [1.165, 1.54) is 32.1 Å². The van der Waals surface area contributed by atoms with Crippen molar-refractivity contribution in [2.45, 2.75) is 59.3 Å². The topological polar surface area (TPSA) is 36.9 Å². The number of unbranched alkanes of at least 4 members (excludes halogenated alkanes) is 3. The Morgan fingerprint density at radius 2 is 1.33 bits per heavy atom. The molecule has 1 aliphatic rings. The van der Waals surface area contributed by atoms with E-state index in [9.17, 15) is 0 Å². The molecule has 9 heteroatoms. The predicted octanol–water partition coefficient (Wildman–Crippen LogP) is -0.0441. The first-order chi connectivity index (χ1) is 10.3. The fourth-order valence-corrected chi connectivity index (χ4v) is 80.7. The summed E-state index contributed by atoms with van der Waals surface area (Å²) in [5, 5.41) is 0. The van der Waals surface area contributed by atoms with Gasteiger partial charge in [-0.25, -0.2) is 0 Å². The van der Waals surface area contributed by atoms with Crippen molar-refractivity contribution in [1.29, 1.82) is 0 Å². The summed E-state index contributed by atoms with van der Waals surface area (Å²) >= 11 is 0. The molecule has 3 unspecified atom stereocenters. The molecule has 126 valence electrons. The molecule has 0 spiro atoms. The van der Waals surface area contributed by atoms with E-state index in [4.69, 9.17) is 17.4 Å². The van der Waals surface area contributed by atoms with E-state index in [1.807, 2.05) is 0 Å². The van der Waals surface area contributed by atoms with Crippen molar-refractivity contribution >= 4 is 42.8 Å². The summed E-state index contributed by atoms with van der Waals surface area (Å²) in [4.78, 5) is 0. The van der Waals surface area contributed by atoms with Gasteiger partial charge in [0.2, 0.25) is 8.08 Å². The van der Waals surface area contributed by atoms with E-state index in [0.717, 1.165) is 26.2 Å². The zero-order valence-electron chi connectivity index (χ0n) is 14.1. The fourth-order valence-electron chi connectivity index (χ4n) is 2.25. The summed E-state index contributed by atoms with van der Waals surface area (Å²) in [7, 11) is -3.76. The Kier molecular flexibility index (Phi) is 12.7. The van der Waals surface area contributed by atoms with Crippen molar-refractivity contribution in [3.8, 4) is 0 Å². The molecule has 0 aromatic rings. The van der Waals surface area contributed by atoms with Gasteiger partial charge in [-0.1, -0.05) is 40.0 Å². The zero-order chi connectivity index (χ0) is 15.3. The summed E-state index contributed by atoms with van der Waals surface area (Å²) in [6.45, 7) is 9.43. The van der Waals surface area contributed by atoms with Gasteiger partial charge >= 0.3 is 8.80 Å². The summed E-state index contributed by atoms with van der Waals surface area (Å²) in [5.74, 6) is 0. The lowest BCUT2D eigenvalue weighted by atomic mass is 10.4. The van der Waals surface area contributed by atoms with E-state index in [-0.39, 0.29) is 17.1 Å². The van der Waals surface area contributed by atoms with E-state index in [2.05, 4.69) is 20.8 Å². The van der Waals surface area contributed by atoms with Crippen LogP contribution in [0.25, 0.3) is 0 Å². The van der Waals surface area contributed by atoms with Crippen LogP contribution in [0.2, 0.25) is 0 Å². The maximum atomic E-state index is 6.39. The van der Waals surface area contributed by atoms with Gasteiger partial charge in [-0.15, -0.1) is 0 Å². The van der Waals surface area contributed by atoms with Gasteiger partial charge in [0.1, 0.15) is 0 Å². The van der Waals surface area contributed by atoms with Crippen LogP contribution in [0.1, 0.15) is 59.3 Å². The first kappa shape index (κ1) is 20.0. The lowest BCUT2D eigenvalue weighted by molar-refractivity contribution is 0.227. The van der Waals surface area contributed by atoms with Gasteiger partial charge in [0.25, 0.3) is 8.80 Å². The van der Waals surface area contributed by atoms with Crippen molar-refractivity contribution in [1.82, 2.24) is 0 Å². The molecule has 1 saturated heterocycles. The van der Waals surface area contributed by atoms with Crippen LogP contribution >= 0.6 is 0 Å². The first-order valence-corrected chi connectivity index (χ1v) is 24.4. The van der Waals surface area contributed by atoms with Gasteiger partial charge in [0, 0.05) is 28.4 Å². The molecule has 21 heavy (non-hydrogen) atoms. The highest BCUT2D eigenvalue weighted by Crippen LogP contribution is 2.08. The van der Waals surface area contributed by atoms with Gasteiger partial charge in [-0.05, 0) is 19.3 Å². The summed E-state index contributed by atoms with van der Waals surface area (Å²) in [5.41, 5.74) is 0. The third-order valence-electron chi connectivity index (χ3n) is 3.69. The maximum absolute atomic E-state index is 6.39. The van der Waals surface area contributed by atoms with E-state index in [1.54, 1.807) is 0 Å². The van der Waals surface area contributed by atoms with Crippen LogP contribution in [0, 0.1) is 0 Å². The smallest absolute Gasteiger partial charge is 0.316 e. The Labute approximate surface area is 139 Å². The third kappa shape index (κ3) is 8.96. The van der Waals surface area contributed by atoms with Crippen molar-refractivity contribution in [3.05, 3.63) is 0 Å². The third-order valence-corrected chi connectivity index (χ3v) is 55.3. The summed E-state index contributed by atoms with van der Waals surface area (Å²) < 4.78 is 24.9. The molecule has 0 bridgehead atoms.